The van der Waals surface area contributed by atoms with Gasteiger partial charge in [0.15, 0.2) is 0 Å². The van der Waals surface area contributed by atoms with Crippen molar-refractivity contribution < 1.29 is 10.2 Å². The number of hydrogen-bond donors (Lipinski definition) is 2. The largest absolute Gasteiger partial charge is 0.507 e. The van der Waals surface area contributed by atoms with Gasteiger partial charge >= 0.3 is 0 Å². The first-order valence-corrected chi connectivity index (χ1v) is 10.4. The molecule has 0 bridgehead atoms. The molecule has 0 radical (unpaired) electrons. The Bertz CT molecular complexity index is 1180. The van der Waals surface area contributed by atoms with Gasteiger partial charge in [0, 0.05) is 22.6 Å². The minimum atomic E-state index is 0.228. The van der Waals surface area contributed by atoms with Crippen LogP contribution in [0.5, 0.6) is 11.5 Å². The summed E-state index contributed by atoms with van der Waals surface area (Å²) in [6, 6.07) is 30.4. The van der Waals surface area contributed by atoms with Gasteiger partial charge in [-0.15, -0.1) is 0 Å². The van der Waals surface area contributed by atoms with Crippen molar-refractivity contribution in [3.8, 4) is 22.6 Å². The standard InChI is InChI=1S/C28H24N2O2/c1-19(25-7-3-5-9-27(25)31)29-23-15-11-21(12-16-23)22-13-17-24(18-14-22)30-20(2)26-8-4-6-10-28(26)32/h3-18,31-32H,1-2H3. The maximum Gasteiger partial charge on any atom is 0.124 e. The summed E-state index contributed by atoms with van der Waals surface area (Å²) in [6.45, 7) is 3.78. The van der Waals surface area contributed by atoms with E-state index in [2.05, 4.69) is 9.98 Å². The minimum Gasteiger partial charge on any atom is -0.507 e. The summed E-state index contributed by atoms with van der Waals surface area (Å²) in [4.78, 5) is 9.25. The normalized spacial score (nSPS) is 12.1. The first-order valence-electron chi connectivity index (χ1n) is 10.4. The summed E-state index contributed by atoms with van der Waals surface area (Å²) in [5.74, 6) is 0.455. The highest BCUT2D eigenvalue weighted by molar-refractivity contribution is 6.03. The Balaban J connectivity index is 1.51. The van der Waals surface area contributed by atoms with E-state index in [4.69, 9.17) is 0 Å². The molecule has 0 saturated heterocycles. The van der Waals surface area contributed by atoms with E-state index in [1.54, 1.807) is 24.3 Å². The summed E-state index contributed by atoms with van der Waals surface area (Å²) >= 11 is 0. The summed E-state index contributed by atoms with van der Waals surface area (Å²) in [7, 11) is 0. The van der Waals surface area contributed by atoms with Gasteiger partial charge in [-0.25, -0.2) is 0 Å². The van der Waals surface area contributed by atoms with Crippen molar-refractivity contribution in [3.63, 3.8) is 0 Å². The SMILES string of the molecule is CC(=Nc1ccc(-c2ccc(N=C(C)c3ccccc3O)cc2)cc1)c1ccccc1O. The zero-order valence-electron chi connectivity index (χ0n) is 18.0. The van der Waals surface area contributed by atoms with E-state index in [1.165, 1.54) is 0 Å². The van der Waals surface area contributed by atoms with Crippen molar-refractivity contribution in [2.75, 3.05) is 0 Å². The van der Waals surface area contributed by atoms with Gasteiger partial charge in [0.2, 0.25) is 0 Å². The fourth-order valence-corrected chi connectivity index (χ4v) is 3.52. The second-order valence-electron chi connectivity index (χ2n) is 7.52. The molecule has 4 aromatic rings. The smallest absolute Gasteiger partial charge is 0.124 e. The molecular formula is C28H24N2O2. The van der Waals surface area contributed by atoms with Crippen LogP contribution in [-0.2, 0) is 0 Å². The molecular weight excluding hydrogens is 396 g/mol. The predicted molar refractivity (Wildman–Crippen MR) is 132 cm³/mol. The van der Waals surface area contributed by atoms with E-state index in [9.17, 15) is 10.2 Å². The third kappa shape index (κ3) is 4.76. The second kappa shape index (κ2) is 9.31. The maximum absolute atomic E-state index is 10.0. The quantitative estimate of drug-likeness (QED) is 0.340. The van der Waals surface area contributed by atoms with E-state index < -0.39 is 0 Å². The molecule has 0 saturated carbocycles. The monoisotopic (exact) mass is 420 g/mol. The molecule has 0 atom stereocenters. The van der Waals surface area contributed by atoms with Gasteiger partial charge in [0.25, 0.3) is 0 Å². The number of phenolic OH excluding ortho intramolecular Hbond substituents is 2. The Morgan fingerprint density at radius 3 is 1.19 bits per heavy atom. The van der Waals surface area contributed by atoms with Gasteiger partial charge in [0.05, 0.1) is 11.4 Å². The van der Waals surface area contributed by atoms with Crippen LogP contribution in [-0.4, -0.2) is 21.6 Å². The zero-order valence-corrected chi connectivity index (χ0v) is 18.0. The Morgan fingerprint density at radius 1 is 0.500 bits per heavy atom. The molecule has 0 aliphatic rings. The Morgan fingerprint density at radius 2 is 0.844 bits per heavy atom. The molecule has 0 amide bonds. The summed E-state index contributed by atoms with van der Waals surface area (Å²) in [5, 5.41) is 20.0. The fourth-order valence-electron chi connectivity index (χ4n) is 3.52. The second-order valence-corrected chi connectivity index (χ2v) is 7.52. The first kappa shape index (κ1) is 21.1. The number of benzene rings is 4. The van der Waals surface area contributed by atoms with Crippen LogP contribution in [0.25, 0.3) is 11.1 Å². The lowest BCUT2D eigenvalue weighted by Gasteiger charge is -2.06. The Labute approximate surface area is 187 Å². The number of nitrogens with zero attached hydrogens (tertiary/aromatic N) is 2. The molecule has 4 rings (SSSR count). The van der Waals surface area contributed by atoms with Crippen molar-refractivity contribution in [1.82, 2.24) is 0 Å². The van der Waals surface area contributed by atoms with E-state index in [0.717, 1.165) is 45.1 Å². The number of aliphatic imine (C=N–C) groups is 2. The van der Waals surface area contributed by atoms with Crippen molar-refractivity contribution in [2.45, 2.75) is 13.8 Å². The van der Waals surface area contributed by atoms with Gasteiger partial charge < -0.3 is 10.2 Å². The molecule has 4 nitrogen and oxygen atoms in total. The highest BCUT2D eigenvalue weighted by Gasteiger charge is 2.05. The molecule has 0 fully saturated rings. The van der Waals surface area contributed by atoms with Crippen LogP contribution in [0, 0.1) is 0 Å². The molecule has 4 aromatic carbocycles. The maximum atomic E-state index is 10.0. The van der Waals surface area contributed by atoms with Crippen molar-refractivity contribution in [3.05, 3.63) is 108 Å². The average molecular weight is 421 g/mol. The number of rotatable bonds is 5. The summed E-state index contributed by atoms with van der Waals surface area (Å²) in [6.07, 6.45) is 0. The lowest BCUT2D eigenvalue weighted by Crippen LogP contribution is -1.94. The number of phenols is 2. The number of para-hydroxylation sites is 2. The van der Waals surface area contributed by atoms with E-state index >= 15 is 0 Å². The molecule has 0 aliphatic heterocycles. The number of aromatic hydroxyl groups is 2. The van der Waals surface area contributed by atoms with Crippen molar-refractivity contribution >= 4 is 22.8 Å². The Kier molecular flexibility index (Phi) is 6.13. The molecule has 0 heterocycles. The highest BCUT2D eigenvalue weighted by atomic mass is 16.3. The zero-order chi connectivity index (χ0) is 22.5. The molecule has 2 N–H and O–H groups in total. The molecule has 0 unspecified atom stereocenters. The Hall–Kier alpha value is -4.18. The van der Waals surface area contributed by atoms with Gasteiger partial charge in [-0.05, 0) is 73.5 Å². The van der Waals surface area contributed by atoms with E-state index in [1.807, 2.05) is 86.6 Å². The molecule has 0 aromatic heterocycles. The minimum absolute atomic E-state index is 0.228. The lowest BCUT2D eigenvalue weighted by molar-refractivity contribution is 0.473. The van der Waals surface area contributed by atoms with Gasteiger partial charge in [-0.3, -0.25) is 9.98 Å². The van der Waals surface area contributed by atoms with Crippen LogP contribution in [0.15, 0.2) is 107 Å². The topological polar surface area (TPSA) is 65.2 Å². The van der Waals surface area contributed by atoms with Gasteiger partial charge in [-0.2, -0.15) is 0 Å². The van der Waals surface area contributed by atoms with Crippen LogP contribution >= 0.6 is 0 Å². The van der Waals surface area contributed by atoms with Crippen LogP contribution in [0.4, 0.5) is 11.4 Å². The highest BCUT2D eigenvalue weighted by Crippen LogP contribution is 2.27. The van der Waals surface area contributed by atoms with Crippen LogP contribution < -0.4 is 0 Å². The van der Waals surface area contributed by atoms with Crippen LogP contribution in [0.3, 0.4) is 0 Å². The van der Waals surface area contributed by atoms with Crippen molar-refractivity contribution in [2.24, 2.45) is 9.98 Å². The predicted octanol–water partition coefficient (Wildman–Crippen LogP) is 7.05. The van der Waals surface area contributed by atoms with E-state index in [0.29, 0.717) is 0 Å². The summed E-state index contributed by atoms with van der Waals surface area (Å²) in [5.41, 5.74) is 6.80. The molecule has 158 valence electrons. The van der Waals surface area contributed by atoms with Crippen molar-refractivity contribution in [1.29, 1.82) is 0 Å². The fraction of sp³-hybridized carbons (Fsp3) is 0.0714. The van der Waals surface area contributed by atoms with Gasteiger partial charge in [0.1, 0.15) is 11.5 Å². The molecule has 0 spiro atoms. The number of hydrogen-bond acceptors (Lipinski definition) is 4. The van der Waals surface area contributed by atoms with Crippen LogP contribution in [0.1, 0.15) is 25.0 Å². The summed E-state index contributed by atoms with van der Waals surface area (Å²) < 4.78 is 0. The van der Waals surface area contributed by atoms with Crippen LogP contribution in [0.2, 0.25) is 0 Å². The lowest BCUT2D eigenvalue weighted by atomic mass is 10.0. The van der Waals surface area contributed by atoms with E-state index in [-0.39, 0.29) is 11.5 Å². The molecule has 0 aliphatic carbocycles. The third-order valence-electron chi connectivity index (χ3n) is 5.25. The van der Waals surface area contributed by atoms with Gasteiger partial charge in [-0.1, -0.05) is 48.5 Å². The average Bonchev–Trinajstić information content (AvgIpc) is 2.80. The third-order valence-corrected chi connectivity index (χ3v) is 5.25. The molecule has 4 heteroatoms. The first-order chi connectivity index (χ1) is 15.5. The molecule has 32 heavy (non-hydrogen) atoms.